The molecule has 3 N–H and O–H groups in total. The Bertz CT molecular complexity index is 503. The number of hydrogen-bond donors (Lipinski definition) is 3. The molecule has 0 aliphatic heterocycles. The Morgan fingerprint density at radius 2 is 1.75 bits per heavy atom. The number of nitrogens with zero attached hydrogens (tertiary/aromatic N) is 3. The predicted molar refractivity (Wildman–Crippen MR) is 95.8 cm³/mol. The average Bonchev–Trinajstić information content (AvgIpc) is 2.58. The number of nitro benzene ring substituents is 1. The Balaban J connectivity index is 2.88. The van der Waals surface area contributed by atoms with Gasteiger partial charge in [0.25, 0.3) is 5.69 Å². The number of aliphatic hydroxyl groups excluding tert-OH is 2. The third kappa shape index (κ3) is 5.95. The molecule has 1 aromatic carbocycles. The molecule has 0 aromatic heterocycles. The van der Waals surface area contributed by atoms with Crippen molar-refractivity contribution in [3.05, 3.63) is 28.3 Å². The summed E-state index contributed by atoms with van der Waals surface area (Å²) in [5.41, 5.74) is 1.08. The van der Waals surface area contributed by atoms with E-state index < -0.39 is 4.92 Å². The van der Waals surface area contributed by atoms with E-state index in [2.05, 4.69) is 24.1 Å². The first-order valence-corrected chi connectivity index (χ1v) is 8.28. The summed E-state index contributed by atoms with van der Waals surface area (Å²) in [5, 5.41) is 32.7. The van der Waals surface area contributed by atoms with Crippen molar-refractivity contribution < 1.29 is 15.1 Å². The van der Waals surface area contributed by atoms with E-state index in [4.69, 9.17) is 10.2 Å². The van der Waals surface area contributed by atoms with E-state index in [1.54, 1.807) is 17.0 Å². The highest BCUT2D eigenvalue weighted by Crippen LogP contribution is 2.29. The van der Waals surface area contributed by atoms with Crippen LogP contribution in [0.1, 0.15) is 13.8 Å². The number of nitrogens with one attached hydrogen (secondary N) is 1. The van der Waals surface area contributed by atoms with Crippen molar-refractivity contribution in [3.8, 4) is 0 Å². The molecule has 8 nitrogen and oxygen atoms in total. The van der Waals surface area contributed by atoms with Crippen molar-refractivity contribution in [2.45, 2.75) is 13.8 Å². The molecule has 0 spiro atoms. The van der Waals surface area contributed by atoms with Crippen molar-refractivity contribution in [2.24, 2.45) is 0 Å². The van der Waals surface area contributed by atoms with E-state index in [9.17, 15) is 10.1 Å². The van der Waals surface area contributed by atoms with Crippen molar-refractivity contribution in [1.82, 2.24) is 4.90 Å². The second kappa shape index (κ2) is 10.8. The number of rotatable bonds is 12. The van der Waals surface area contributed by atoms with Crippen LogP contribution in [-0.4, -0.2) is 72.5 Å². The van der Waals surface area contributed by atoms with Crippen molar-refractivity contribution in [3.63, 3.8) is 0 Å². The van der Waals surface area contributed by atoms with Gasteiger partial charge >= 0.3 is 0 Å². The molecule has 0 saturated carbocycles. The van der Waals surface area contributed by atoms with E-state index in [0.29, 0.717) is 31.0 Å². The zero-order valence-corrected chi connectivity index (χ0v) is 14.4. The SMILES string of the molecule is CCN(CC)CCNc1ccc(N(CCO)CCO)cc1[N+](=O)[O-]. The molecule has 0 unspecified atom stereocenters. The molecule has 1 rings (SSSR count). The number of aliphatic hydroxyl groups is 2. The van der Waals surface area contributed by atoms with E-state index in [-0.39, 0.29) is 18.9 Å². The molecule has 0 saturated heterocycles. The lowest BCUT2D eigenvalue weighted by atomic mass is 10.2. The fraction of sp³-hybridized carbons (Fsp3) is 0.625. The Labute approximate surface area is 142 Å². The highest BCUT2D eigenvalue weighted by atomic mass is 16.6. The molecule has 0 atom stereocenters. The van der Waals surface area contributed by atoms with Crippen LogP contribution in [0.15, 0.2) is 18.2 Å². The second-order valence-electron chi connectivity index (χ2n) is 5.35. The van der Waals surface area contributed by atoms with Gasteiger partial charge in [0.05, 0.1) is 18.1 Å². The molecule has 0 amide bonds. The number of benzene rings is 1. The summed E-state index contributed by atoms with van der Waals surface area (Å²) < 4.78 is 0. The maximum atomic E-state index is 11.4. The number of hydrogen-bond acceptors (Lipinski definition) is 7. The number of likely N-dealkylation sites (N-methyl/N-ethyl adjacent to an activating group) is 1. The van der Waals surface area contributed by atoms with Crippen molar-refractivity contribution in [2.75, 3.05) is 62.7 Å². The molecule has 0 fully saturated rings. The van der Waals surface area contributed by atoms with Crippen LogP contribution in [-0.2, 0) is 0 Å². The van der Waals surface area contributed by atoms with Gasteiger partial charge in [-0.2, -0.15) is 0 Å². The van der Waals surface area contributed by atoms with E-state index in [0.717, 1.165) is 19.6 Å². The lowest BCUT2D eigenvalue weighted by molar-refractivity contribution is -0.383. The van der Waals surface area contributed by atoms with Gasteiger partial charge in [0.1, 0.15) is 5.69 Å². The first-order chi connectivity index (χ1) is 11.6. The molecule has 0 aliphatic rings. The maximum Gasteiger partial charge on any atom is 0.294 e. The van der Waals surface area contributed by atoms with Crippen LogP contribution in [0.2, 0.25) is 0 Å². The molecule has 0 radical (unpaired) electrons. The van der Waals surface area contributed by atoms with Gasteiger partial charge in [-0.3, -0.25) is 10.1 Å². The molecular formula is C16H28N4O4. The molecular weight excluding hydrogens is 312 g/mol. The fourth-order valence-electron chi connectivity index (χ4n) is 2.52. The van der Waals surface area contributed by atoms with Crippen molar-refractivity contribution >= 4 is 17.1 Å². The summed E-state index contributed by atoms with van der Waals surface area (Å²) in [7, 11) is 0. The Kier molecular flexibility index (Phi) is 9.06. The summed E-state index contributed by atoms with van der Waals surface area (Å²) in [6.07, 6.45) is 0. The third-order valence-electron chi connectivity index (χ3n) is 3.92. The molecule has 0 heterocycles. The van der Waals surface area contributed by atoms with E-state index >= 15 is 0 Å². The van der Waals surface area contributed by atoms with Gasteiger partial charge in [-0.25, -0.2) is 0 Å². The Morgan fingerprint density at radius 1 is 1.12 bits per heavy atom. The molecule has 24 heavy (non-hydrogen) atoms. The van der Waals surface area contributed by atoms with Gasteiger partial charge in [0.15, 0.2) is 0 Å². The zero-order chi connectivity index (χ0) is 17.9. The minimum absolute atomic E-state index is 0.00655. The lowest BCUT2D eigenvalue weighted by Crippen LogP contribution is -2.30. The van der Waals surface area contributed by atoms with Gasteiger partial charge < -0.3 is 25.3 Å². The first kappa shape index (κ1) is 20.1. The van der Waals surface area contributed by atoms with Gasteiger partial charge in [0, 0.05) is 37.9 Å². The zero-order valence-electron chi connectivity index (χ0n) is 14.4. The van der Waals surface area contributed by atoms with Gasteiger partial charge in [-0.1, -0.05) is 13.8 Å². The molecule has 136 valence electrons. The quantitative estimate of drug-likeness (QED) is 0.387. The number of anilines is 2. The third-order valence-corrected chi connectivity index (χ3v) is 3.92. The van der Waals surface area contributed by atoms with Crippen LogP contribution in [0.25, 0.3) is 0 Å². The summed E-state index contributed by atoms with van der Waals surface area (Å²) in [6.45, 7) is 7.93. The Hall–Kier alpha value is -1.90. The van der Waals surface area contributed by atoms with Crippen molar-refractivity contribution in [1.29, 1.82) is 0 Å². The molecule has 8 heteroatoms. The molecule has 1 aromatic rings. The summed E-state index contributed by atoms with van der Waals surface area (Å²) in [6, 6.07) is 4.92. The minimum Gasteiger partial charge on any atom is -0.395 e. The van der Waals surface area contributed by atoms with Crippen LogP contribution in [0, 0.1) is 10.1 Å². The van der Waals surface area contributed by atoms with E-state index in [1.807, 2.05) is 0 Å². The predicted octanol–water partition coefficient (Wildman–Crippen LogP) is 1.14. The van der Waals surface area contributed by atoms with Crippen LogP contribution in [0.3, 0.4) is 0 Å². The van der Waals surface area contributed by atoms with Crippen LogP contribution in [0.4, 0.5) is 17.1 Å². The van der Waals surface area contributed by atoms with Gasteiger partial charge in [-0.05, 0) is 25.2 Å². The monoisotopic (exact) mass is 340 g/mol. The highest BCUT2D eigenvalue weighted by Gasteiger charge is 2.17. The standard InChI is InChI=1S/C16H28N4O4/c1-3-18(4-2)8-7-17-15-6-5-14(13-16(15)20(23)24)19(9-11-21)10-12-22/h5-6,13,17,21-22H,3-4,7-12H2,1-2H3. The molecule has 0 bridgehead atoms. The average molecular weight is 340 g/mol. The summed E-state index contributed by atoms with van der Waals surface area (Å²) in [5.74, 6) is 0. The smallest absolute Gasteiger partial charge is 0.294 e. The lowest BCUT2D eigenvalue weighted by Gasteiger charge is -2.23. The fourth-order valence-corrected chi connectivity index (χ4v) is 2.52. The van der Waals surface area contributed by atoms with Crippen LogP contribution in [0.5, 0.6) is 0 Å². The molecule has 0 aliphatic carbocycles. The van der Waals surface area contributed by atoms with Gasteiger partial charge in [0.2, 0.25) is 0 Å². The van der Waals surface area contributed by atoms with Crippen LogP contribution < -0.4 is 10.2 Å². The van der Waals surface area contributed by atoms with E-state index in [1.165, 1.54) is 6.07 Å². The first-order valence-electron chi connectivity index (χ1n) is 8.28. The minimum atomic E-state index is -0.417. The largest absolute Gasteiger partial charge is 0.395 e. The maximum absolute atomic E-state index is 11.4. The highest BCUT2D eigenvalue weighted by molar-refractivity contribution is 5.68. The normalized spacial score (nSPS) is 10.9. The Morgan fingerprint density at radius 3 is 2.25 bits per heavy atom. The summed E-state index contributed by atoms with van der Waals surface area (Å²) >= 11 is 0. The van der Waals surface area contributed by atoms with Crippen LogP contribution >= 0.6 is 0 Å². The summed E-state index contributed by atoms with van der Waals surface area (Å²) in [4.78, 5) is 14.9. The second-order valence-corrected chi connectivity index (χ2v) is 5.35. The van der Waals surface area contributed by atoms with Gasteiger partial charge in [-0.15, -0.1) is 0 Å². The topological polar surface area (TPSA) is 102 Å². The number of nitro groups is 1.